The second-order valence-corrected chi connectivity index (χ2v) is 9.17. The number of rotatable bonds is 3. The summed E-state index contributed by atoms with van der Waals surface area (Å²) in [5, 5.41) is 4.41. The van der Waals surface area contributed by atoms with Crippen molar-refractivity contribution in [2.24, 2.45) is 34.7 Å². The number of amides is 2. The lowest BCUT2D eigenvalue weighted by atomic mass is 9.71. The zero-order chi connectivity index (χ0) is 21.4. The number of carbonyl (C=O) groups is 2. The number of para-hydroxylation sites is 1. The van der Waals surface area contributed by atoms with E-state index in [0.29, 0.717) is 0 Å². The summed E-state index contributed by atoms with van der Waals surface area (Å²) in [5.74, 6) is 0.229. The second-order valence-electron chi connectivity index (χ2n) is 9.17. The summed E-state index contributed by atoms with van der Waals surface area (Å²) in [6, 6.07) is 13.7. The minimum absolute atomic E-state index is 0.0327. The highest BCUT2D eigenvalue weighted by atomic mass is 16.6. The van der Waals surface area contributed by atoms with Gasteiger partial charge in [0.2, 0.25) is 11.8 Å². The third kappa shape index (κ3) is 2.36. The summed E-state index contributed by atoms with van der Waals surface area (Å²) in [4.78, 5) is 34.5. The number of oxime groups is 1. The number of imide groups is 1. The van der Waals surface area contributed by atoms with Gasteiger partial charge < -0.3 is 9.57 Å². The van der Waals surface area contributed by atoms with Gasteiger partial charge in [-0.1, -0.05) is 23.4 Å². The first-order chi connectivity index (χ1) is 15.0. The van der Waals surface area contributed by atoms with E-state index in [1.807, 2.05) is 56.3 Å². The molecule has 2 aliphatic carbocycles. The van der Waals surface area contributed by atoms with Gasteiger partial charge in [0.15, 0.2) is 0 Å². The predicted octanol–water partition coefficient (Wildman–Crippen LogP) is 3.49. The van der Waals surface area contributed by atoms with Gasteiger partial charge in [-0.2, -0.15) is 0 Å². The monoisotopic (exact) mass is 416 g/mol. The molecule has 2 aromatic rings. The summed E-state index contributed by atoms with van der Waals surface area (Å²) >= 11 is 0. The number of benzene rings is 2. The van der Waals surface area contributed by atoms with E-state index in [2.05, 4.69) is 5.16 Å². The maximum Gasteiger partial charge on any atom is 0.238 e. The number of ether oxygens (including phenoxy) is 1. The Balaban J connectivity index is 1.36. The van der Waals surface area contributed by atoms with Crippen molar-refractivity contribution in [1.29, 1.82) is 0 Å². The number of fused-ring (bicyclic) bond motifs is 8. The van der Waals surface area contributed by atoms with Crippen LogP contribution in [0.25, 0.3) is 0 Å². The Hall–Kier alpha value is -3.15. The number of nitrogens with zero attached hydrogens (tertiary/aromatic N) is 2. The number of methoxy groups -OCH3 is 1. The van der Waals surface area contributed by atoms with E-state index in [0.717, 1.165) is 40.3 Å². The van der Waals surface area contributed by atoms with Crippen molar-refractivity contribution in [1.82, 2.24) is 0 Å². The van der Waals surface area contributed by atoms with Crippen molar-refractivity contribution in [2.75, 3.05) is 12.0 Å². The topological polar surface area (TPSA) is 68.2 Å². The number of hydrogen-bond donors (Lipinski definition) is 0. The van der Waals surface area contributed by atoms with Crippen LogP contribution < -0.4 is 9.64 Å². The fraction of sp³-hybridized carbons (Fsp3) is 0.400. The molecule has 6 nitrogen and oxygen atoms in total. The molecular weight excluding hydrogens is 392 g/mol. The molecule has 2 saturated carbocycles. The van der Waals surface area contributed by atoms with E-state index in [9.17, 15) is 9.59 Å². The molecule has 0 radical (unpaired) electrons. The summed E-state index contributed by atoms with van der Waals surface area (Å²) < 4.78 is 5.26. The fourth-order valence-corrected chi connectivity index (χ4v) is 6.51. The zero-order valence-electron chi connectivity index (χ0n) is 17.7. The van der Waals surface area contributed by atoms with Gasteiger partial charge in [-0.3, -0.25) is 9.59 Å². The van der Waals surface area contributed by atoms with Crippen LogP contribution in [-0.2, 0) is 14.4 Å². The molecule has 31 heavy (non-hydrogen) atoms. The molecule has 2 bridgehead atoms. The third-order valence-corrected chi connectivity index (χ3v) is 7.74. The maximum absolute atomic E-state index is 13.6. The van der Waals surface area contributed by atoms with Crippen LogP contribution in [0.1, 0.15) is 23.1 Å². The molecule has 6 rings (SSSR count). The minimum Gasteiger partial charge on any atom is -0.497 e. The molecule has 0 unspecified atom stereocenters. The molecule has 1 saturated heterocycles. The number of hydrogen-bond acceptors (Lipinski definition) is 5. The summed E-state index contributed by atoms with van der Waals surface area (Å²) in [7, 11) is 1.64. The van der Waals surface area contributed by atoms with Crippen LogP contribution in [0.5, 0.6) is 5.75 Å². The third-order valence-electron chi connectivity index (χ3n) is 7.74. The van der Waals surface area contributed by atoms with Crippen LogP contribution in [0.2, 0.25) is 0 Å². The average Bonchev–Trinajstić information content (AvgIpc) is 3.50. The van der Waals surface area contributed by atoms with Gasteiger partial charge >= 0.3 is 0 Å². The van der Waals surface area contributed by atoms with Crippen LogP contribution in [0.15, 0.2) is 47.6 Å². The summed E-state index contributed by atoms with van der Waals surface area (Å²) in [6.45, 7) is 3.91. The van der Waals surface area contributed by atoms with Crippen LogP contribution in [0, 0.1) is 43.4 Å². The molecule has 2 aliphatic heterocycles. The quantitative estimate of drug-likeness (QED) is 0.719. The van der Waals surface area contributed by atoms with Crippen molar-refractivity contribution in [3.63, 3.8) is 0 Å². The maximum atomic E-state index is 13.6. The second kappa shape index (κ2) is 6.42. The first-order valence-corrected chi connectivity index (χ1v) is 10.8. The lowest BCUT2D eigenvalue weighted by molar-refractivity contribution is -0.125. The van der Waals surface area contributed by atoms with Gasteiger partial charge in [0.05, 0.1) is 30.3 Å². The van der Waals surface area contributed by atoms with Gasteiger partial charge in [0, 0.05) is 17.4 Å². The van der Waals surface area contributed by atoms with Crippen molar-refractivity contribution < 1.29 is 19.2 Å². The minimum atomic E-state index is -0.303. The van der Waals surface area contributed by atoms with Gasteiger partial charge in [-0.25, -0.2) is 4.90 Å². The molecule has 6 atom stereocenters. The largest absolute Gasteiger partial charge is 0.497 e. The van der Waals surface area contributed by atoms with Crippen LogP contribution in [-0.4, -0.2) is 30.7 Å². The number of aryl methyl sites for hydroxylation is 2. The fourth-order valence-electron chi connectivity index (χ4n) is 6.51. The molecule has 2 heterocycles. The van der Waals surface area contributed by atoms with Crippen LogP contribution in [0.3, 0.4) is 0 Å². The summed E-state index contributed by atoms with van der Waals surface area (Å²) in [5.41, 5.74) is 4.53. The molecule has 2 amide bonds. The lowest BCUT2D eigenvalue weighted by Crippen LogP contribution is -2.41. The molecule has 0 aromatic heterocycles. The molecule has 2 aromatic carbocycles. The average molecular weight is 416 g/mol. The van der Waals surface area contributed by atoms with E-state index >= 15 is 0 Å². The highest BCUT2D eigenvalue weighted by molar-refractivity contribution is 6.23. The molecule has 3 fully saturated rings. The first kappa shape index (κ1) is 18.6. The molecule has 158 valence electrons. The van der Waals surface area contributed by atoms with Crippen LogP contribution >= 0.6 is 0 Å². The predicted molar refractivity (Wildman–Crippen MR) is 115 cm³/mol. The lowest BCUT2D eigenvalue weighted by Gasteiger charge is -2.29. The Kier molecular flexibility index (Phi) is 3.86. The Morgan fingerprint density at radius 1 is 0.935 bits per heavy atom. The zero-order valence-corrected chi connectivity index (χ0v) is 17.7. The highest BCUT2D eigenvalue weighted by Crippen LogP contribution is 2.62. The van der Waals surface area contributed by atoms with E-state index in [-0.39, 0.29) is 47.5 Å². The molecular formula is C25H24N2O4. The molecule has 4 aliphatic rings. The smallest absolute Gasteiger partial charge is 0.238 e. The molecule has 0 spiro atoms. The van der Waals surface area contributed by atoms with Gasteiger partial charge in [0.1, 0.15) is 11.9 Å². The van der Waals surface area contributed by atoms with E-state index < -0.39 is 0 Å². The Morgan fingerprint density at radius 3 is 2.23 bits per heavy atom. The molecule has 0 N–H and O–H groups in total. The van der Waals surface area contributed by atoms with E-state index in [1.54, 1.807) is 7.11 Å². The van der Waals surface area contributed by atoms with Crippen LogP contribution in [0.4, 0.5) is 5.69 Å². The number of carbonyl (C=O) groups excluding carboxylic acids is 2. The van der Waals surface area contributed by atoms with Crippen molar-refractivity contribution in [3.8, 4) is 5.75 Å². The number of anilines is 1. The SMILES string of the molecule is COc1ccc(C2=NO[C@@H]3[C@H]4C[C@H]([C@@H]23)[C@H]2C(=O)N(c3c(C)cccc3C)C(=O)[C@@H]42)cc1. The molecule has 6 heteroatoms. The Bertz CT molecular complexity index is 1120. The van der Waals surface area contributed by atoms with Crippen molar-refractivity contribution >= 4 is 23.2 Å². The van der Waals surface area contributed by atoms with E-state index in [1.165, 1.54) is 4.90 Å². The van der Waals surface area contributed by atoms with Gasteiger partial charge in [-0.05, 0) is 61.6 Å². The Labute approximate surface area is 180 Å². The first-order valence-electron chi connectivity index (χ1n) is 10.8. The van der Waals surface area contributed by atoms with E-state index in [4.69, 9.17) is 9.57 Å². The van der Waals surface area contributed by atoms with Gasteiger partial charge in [0.25, 0.3) is 0 Å². The summed E-state index contributed by atoms with van der Waals surface area (Å²) in [6.07, 6.45) is 0.718. The van der Waals surface area contributed by atoms with Crippen molar-refractivity contribution in [2.45, 2.75) is 26.4 Å². The normalized spacial score (nSPS) is 32.7. The van der Waals surface area contributed by atoms with Crippen molar-refractivity contribution in [3.05, 3.63) is 59.2 Å². The van der Waals surface area contributed by atoms with Gasteiger partial charge in [-0.15, -0.1) is 0 Å². The highest BCUT2D eigenvalue weighted by Gasteiger charge is 2.70. The Morgan fingerprint density at radius 2 is 1.58 bits per heavy atom. The standard InChI is InChI=1S/C25H24N2O4/c1-12-5-4-6-13(2)22(12)27-24(28)18-16-11-17(19(18)25(27)29)23-20(16)21(26-31-23)14-7-9-15(30-3)10-8-14/h4-10,16-20,23H,11H2,1-3H3/t16-,17-,18+,19-,20-,23+/m0/s1.